The molecule has 0 spiro atoms. The zero-order valence-corrected chi connectivity index (χ0v) is 12.5. The van der Waals surface area contributed by atoms with E-state index >= 15 is 0 Å². The second kappa shape index (κ2) is 6.47. The SMILES string of the molecule is CN[C@H]1[C@H]2O[C@@](C[C@H](N)C(=O)O)(C(=O)O)C[C@H]2OC[C@H]1OC. The predicted molar refractivity (Wildman–Crippen MR) is 73.5 cm³/mol. The summed E-state index contributed by atoms with van der Waals surface area (Å²) in [7, 11) is 3.27. The Morgan fingerprint density at radius 2 is 2.18 bits per heavy atom. The van der Waals surface area contributed by atoms with Crippen molar-refractivity contribution in [2.45, 2.75) is 48.8 Å². The smallest absolute Gasteiger partial charge is 0.336 e. The minimum atomic E-state index is -1.66. The summed E-state index contributed by atoms with van der Waals surface area (Å²) in [6.07, 6.45) is -1.52. The Balaban J connectivity index is 2.22. The molecule has 0 radical (unpaired) electrons. The van der Waals surface area contributed by atoms with Crippen LogP contribution in [-0.2, 0) is 23.8 Å². The van der Waals surface area contributed by atoms with Crippen LogP contribution in [0.4, 0.5) is 0 Å². The van der Waals surface area contributed by atoms with Crippen molar-refractivity contribution in [1.82, 2.24) is 5.32 Å². The van der Waals surface area contributed by atoms with Gasteiger partial charge in [0, 0.05) is 20.0 Å². The highest BCUT2D eigenvalue weighted by Gasteiger charge is 2.58. The molecule has 0 aliphatic carbocycles. The molecule has 0 amide bonds. The number of carbonyl (C=O) groups is 2. The Hall–Kier alpha value is -1.26. The van der Waals surface area contributed by atoms with Crippen LogP contribution in [0.2, 0.25) is 0 Å². The molecule has 22 heavy (non-hydrogen) atoms. The number of hydrogen-bond acceptors (Lipinski definition) is 7. The van der Waals surface area contributed by atoms with Crippen LogP contribution in [0.15, 0.2) is 0 Å². The maximum absolute atomic E-state index is 11.7. The fourth-order valence-corrected chi connectivity index (χ4v) is 3.18. The lowest BCUT2D eigenvalue weighted by Gasteiger charge is -2.38. The lowest BCUT2D eigenvalue weighted by molar-refractivity contribution is -0.177. The highest BCUT2D eigenvalue weighted by Crippen LogP contribution is 2.40. The summed E-state index contributed by atoms with van der Waals surface area (Å²) in [6, 6.07) is -1.56. The highest BCUT2D eigenvalue weighted by atomic mass is 16.6. The molecule has 2 aliphatic rings. The van der Waals surface area contributed by atoms with Crippen molar-refractivity contribution in [3.63, 3.8) is 0 Å². The lowest BCUT2D eigenvalue weighted by Crippen LogP contribution is -2.58. The molecule has 9 heteroatoms. The number of methoxy groups -OCH3 is 1. The summed E-state index contributed by atoms with van der Waals surface area (Å²) in [5.41, 5.74) is 3.84. The number of likely N-dealkylation sites (N-methyl/N-ethyl adjacent to an activating group) is 1. The minimum Gasteiger partial charge on any atom is -0.480 e. The molecular formula is C13H22N2O7. The van der Waals surface area contributed by atoms with E-state index in [4.69, 9.17) is 25.1 Å². The van der Waals surface area contributed by atoms with Crippen molar-refractivity contribution in [2.75, 3.05) is 20.8 Å². The number of carboxylic acid groups (broad SMARTS) is 2. The van der Waals surface area contributed by atoms with Gasteiger partial charge in [-0.3, -0.25) is 4.79 Å². The standard InChI is InChI=1S/C13H22N2O7/c1-15-9-8(20-2)5-21-7-4-13(12(18)19,22-10(7)9)3-6(14)11(16)17/h6-10,15H,3-5,14H2,1-2H3,(H,16,17)(H,18,19)/t6-,7+,8+,9+,10-,13+/m0/s1. The molecular weight excluding hydrogens is 296 g/mol. The number of hydrogen-bond donors (Lipinski definition) is 4. The predicted octanol–water partition coefficient (Wildman–Crippen LogP) is -1.60. The molecule has 9 nitrogen and oxygen atoms in total. The molecule has 0 saturated carbocycles. The quantitative estimate of drug-likeness (QED) is 0.456. The van der Waals surface area contributed by atoms with Crippen LogP contribution in [0, 0.1) is 0 Å². The first-order valence-electron chi connectivity index (χ1n) is 7.06. The van der Waals surface area contributed by atoms with Gasteiger partial charge in [0.1, 0.15) is 12.1 Å². The van der Waals surface area contributed by atoms with Gasteiger partial charge in [-0.25, -0.2) is 4.79 Å². The molecule has 2 saturated heterocycles. The van der Waals surface area contributed by atoms with Crippen molar-refractivity contribution in [2.24, 2.45) is 5.73 Å². The molecule has 0 unspecified atom stereocenters. The van der Waals surface area contributed by atoms with Gasteiger partial charge in [0.2, 0.25) is 0 Å². The maximum atomic E-state index is 11.7. The van der Waals surface area contributed by atoms with Crippen LogP contribution in [0.25, 0.3) is 0 Å². The first-order valence-corrected chi connectivity index (χ1v) is 7.06. The Bertz CT molecular complexity index is 446. The van der Waals surface area contributed by atoms with E-state index in [0.717, 1.165) is 0 Å². The topological polar surface area (TPSA) is 140 Å². The second-order valence-electron chi connectivity index (χ2n) is 5.70. The molecule has 2 heterocycles. The van der Waals surface area contributed by atoms with Gasteiger partial charge in [-0.1, -0.05) is 0 Å². The molecule has 2 rings (SSSR count). The fourth-order valence-electron chi connectivity index (χ4n) is 3.18. The number of aliphatic carboxylic acids is 2. The normalized spacial score (nSPS) is 39.2. The third kappa shape index (κ3) is 2.95. The molecule has 2 fully saturated rings. The first kappa shape index (κ1) is 17.1. The molecule has 0 aromatic heterocycles. The van der Waals surface area contributed by atoms with Gasteiger partial charge < -0.3 is 35.5 Å². The van der Waals surface area contributed by atoms with Crippen LogP contribution in [0.1, 0.15) is 12.8 Å². The van der Waals surface area contributed by atoms with E-state index in [-0.39, 0.29) is 25.0 Å². The third-order valence-corrected chi connectivity index (χ3v) is 4.38. The minimum absolute atomic E-state index is 0.0581. The van der Waals surface area contributed by atoms with Gasteiger partial charge in [0.15, 0.2) is 5.60 Å². The summed E-state index contributed by atoms with van der Waals surface area (Å²) in [5.74, 6) is -2.49. The fraction of sp³-hybridized carbons (Fsp3) is 0.846. The molecule has 6 atom stereocenters. The lowest BCUT2D eigenvalue weighted by atomic mass is 9.89. The summed E-state index contributed by atoms with van der Waals surface area (Å²) in [5, 5.41) is 21.5. The molecule has 0 aromatic carbocycles. The van der Waals surface area contributed by atoms with Crippen LogP contribution in [0.5, 0.6) is 0 Å². The summed E-state index contributed by atoms with van der Waals surface area (Å²) in [4.78, 5) is 22.6. The molecule has 2 aliphatic heterocycles. The van der Waals surface area contributed by atoms with Crippen molar-refractivity contribution in [3.8, 4) is 0 Å². The number of ether oxygens (including phenoxy) is 3. The Kier molecular flexibility index (Phi) is 5.03. The Morgan fingerprint density at radius 3 is 2.68 bits per heavy atom. The monoisotopic (exact) mass is 318 g/mol. The van der Waals surface area contributed by atoms with Gasteiger partial charge >= 0.3 is 11.9 Å². The van der Waals surface area contributed by atoms with Gasteiger partial charge in [0.25, 0.3) is 0 Å². The molecule has 0 bridgehead atoms. The van der Waals surface area contributed by atoms with Crippen molar-refractivity contribution in [1.29, 1.82) is 0 Å². The number of nitrogens with two attached hydrogens (primary N) is 1. The Morgan fingerprint density at radius 1 is 1.50 bits per heavy atom. The van der Waals surface area contributed by atoms with Crippen LogP contribution in [-0.4, -0.2) is 78.9 Å². The molecule has 0 aromatic rings. The van der Waals surface area contributed by atoms with Gasteiger partial charge in [0.05, 0.1) is 24.9 Å². The maximum Gasteiger partial charge on any atom is 0.336 e. The molecule has 5 N–H and O–H groups in total. The van der Waals surface area contributed by atoms with Gasteiger partial charge in [-0.05, 0) is 7.05 Å². The summed E-state index contributed by atoms with van der Waals surface area (Å²) in [6.45, 7) is 0.313. The van der Waals surface area contributed by atoms with E-state index in [0.29, 0.717) is 6.61 Å². The largest absolute Gasteiger partial charge is 0.480 e. The van der Waals surface area contributed by atoms with Crippen molar-refractivity contribution < 1.29 is 34.0 Å². The van der Waals surface area contributed by atoms with Crippen LogP contribution < -0.4 is 11.1 Å². The number of fused-ring (bicyclic) bond motifs is 1. The summed E-state index contributed by atoms with van der Waals surface area (Å²) < 4.78 is 16.7. The van der Waals surface area contributed by atoms with Crippen LogP contribution in [0.3, 0.4) is 0 Å². The average molecular weight is 318 g/mol. The third-order valence-electron chi connectivity index (χ3n) is 4.38. The first-order chi connectivity index (χ1) is 10.3. The number of carboxylic acids is 2. The highest BCUT2D eigenvalue weighted by molar-refractivity contribution is 5.81. The Labute approximate surface area is 127 Å². The number of nitrogens with one attached hydrogen (secondary N) is 1. The zero-order chi connectivity index (χ0) is 16.5. The summed E-state index contributed by atoms with van der Waals surface area (Å²) >= 11 is 0. The zero-order valence-electron chi connectivity index (χ0n) is 12.5. The number of rotatable bonds is 6. The average Bonchev–Trinajstić information content (AvgIpc) is 2.85. The van der Waals surface area contributed by atoms with E-state index in [9.17, 15) is 14.7 Å². The van der Waals surface area contributed by atoms with E-state index in [1.165, 1.54) is 0 Å². The van der Waals surface area contributed by atoms with E-state index in [1.807, 2.05) is 0 Å². The van der Waals surface area contributed by atoms with E-state index in [1.54, 1.807) is 14.2 Å². The second-order valence-corrected chi connectivity index (χ2v) is 5.70. The van der Waals surface area contributed by atoms with Gasteiger partial charge in [-0.2, -0.15) is 0 Å². The van der Waals surface area contributed by atoms with E-state index < -0.39 is 35.8 Å². The van der Waals surface area contributed by atoms with Crippen molar-refractivity contribution in [3.05, 3.63) is 0 Å². The van der Waals surface area contributed by atoms with Gasteiger partial charge in [-0.15, -0.1) is 0 Å². The molecule has 126 valence electrons. The van der Waals surface area contributed by atoms with E-state index in [2.05, 4.69) is 5.32 Å². The van der Waals surface area contributed by atoms with Crippen molar-refractivity contribution >= 4 is 11.9 Å². The van der Waals surface area contributed by atoms with Crippen LogP contribution >= 0.6 is 0 Å².